The summed E-state index contributed by atoms with van der Waals surface area (Å²) >= 11 is 0. The van der Waals surface area contributed by atoms with E-state index in [2.05, 4.69) is 0 Å². The molecule has 0 aliphatic carbocycles. The first-order chi connectivity index (χ1) is 7.66. The molecule has 1 radical (unpaired) electrons. The van der Waals surface area contributed by atoms with E-state index in [1.807, 2.05) is 36.8 Å². The second-order valence-corrected chi connectivity index (χ2v) is 3.58. The van der Waals surface area contributed by atoms with Crippen molar-refractivity contribution in [2.75, 3.05) is 0 Å². The van der Waals surface area contributed by atoms with Gasteiger partial charge in [0.05, 0.1) is 6.42 Å². The van der Waals surface area contributed by atoms with Gasteiger partial charge in [0.2, 0.25) is 0 Å². The molecule has 2 N–H and O–H groups in total. The van der Waals surface area contributed by atoms with Gasteiger partial charge in [-0.05, 0) is 18.6 Å². The first-order valence-electron chi connectivity index (χ1n) is 4.97. The van der Waals surface area contributed by atoms with E-state index in [-0.39, 0.29) is 5.76 Å². The van der Waals surface area contributed by atoms with Crippen LogP contribution in [-0.2, 0) is 0 Å². The van der Waals surface area contributed by atoms with Crippen molar-refractivity contribution < 1.29 is 9.21 Å². The molecule has 0 spiro atoms. The molecule has 0 unspecified atom stereocenters. The van der Waals surface area contributed by atoms with Crippen LogP contribution < -0.4 is 5.73 Å². The third-order valence-corrected chi connectivity index (χ3v) is 2.27. The van der Waals surface area contributed by atoms with Crippen LogP contribution in [0.4, 0.5) is 0 Å². The molecule has 0 fully saturated rings. The Kier molecular flexibility index (Phi) is 2.77. The lowest BCUT2D eigenvalue weighted by Crippen LogP contribution is -2.10. The van der Waals surface area contributed by atoms with Crippen LogP contribution in [0.3, 0.4) is 0 Å². The molecule has 0 atom stereocenters. The highest BCUT2D eigenvalue weighted by Crippen LogP contribution is 2.18. The van der Waals surface area contributed by atoms with Gasteiger partial charge in [-0.15, -0.1) is 0 Å². The van der Waals surface area contributed by atoms with Gasteiger partial charge in [-0.3, -0.25) is 4.79 Å². The smallest absolute Gasteiger partial charge is 0.284 e. The molecule has 0 aliphatic heterocycles. The Bertz CT molecular complexity index is 500. The average Bonchev–Trinajstić information content (AvgIpc) is 2.61. The summed E-state index contributed by atoms with van der Waals surface area (Å²) in [4.78, 5) is 11.0. The van der Waals surface area contributed by atoms with E-state index in [4.69, 9.17) is 10.2 Å². The first kappa shape index (κ1) is 10.5. The number of hydrogen-bond acceptors (Lipinski definition) is 2. The quantitative estimate of drug-likeness (QED) is 0.852. The Hall–Kier alpha value is -2.03. The van der Waals surface area contributed by atoms with Gasteiger partial charge in [0.25, 0.3) is 5.91 Å². The molecule has 0 saturated carbocycles. The standard InChI is InChI=1S/C13H12NO2/c1-9-7-11(16-12(9)13(14)15)8-10-5-3-2-4-6-10/h2-8H,1H3,(H2,14,15). The van der Waals surface area contributed by atoms with Crippen molar-refractivity contribution >= 4 is 5.91 Å². The molecule has 1 aromatic heterocycles. The van der Waals surface area contributed by atoms with Gasteiger partial charge >= 0.3 is 0 Å². The van der Waals surface area contributed by atoms with Gasteiger partial charge in [-0.1, -0.05) is 30.3 Å². The lowest BCUT2D eigenvalue weighted by Gasteiger charge is -1.96. The Labute approximate surface area is 93.9 Å². The predicted octanol–water partition coefficient (Wildman–Crippen LogP) is 2.29. The number of carbonyl (C=O) groups is 1. The summed E-state index contributed by atoms with van der Waals surface area (Å²) in [6, 6.07) is 11.5. The van der Waals surface area contributed by atoms with Crippen molar-refractivity contribution in [3.8, 4) is 0 Å². The lowest BCUT2D eigenvalue weighted by molar-refractivity contribution is 0.0972. The molecular weight excluding hydrogens is 202 g/mol. The monoisotopic (exact) mass is 214 g/mol. The molecule has 0 bridgehead atoms. The molecule has 3 nitrogen and oxygen atoms in total. The van der Waals surface area contributed by atoms with E-state index < -0.39 is 5.91 Å². The van der Waals surface area contributed by atoms with Gasteiger partial charge in [-0.25, -0.2) is 0 Å². The molecule has 1 aromatic carbocycles. The van der Waals surface area contributed by atoms with Gasteiger partial charge in [0.15, 0.2) is 5.76 Å². The first-order valence-corrected chi connectivity index (χ1v) is 4.97. The van der Waals surface area contributed by atoms with Gasteiger partial charge in [-0.2, -0.15) is 0 Å². The summed E-state index contributed by atoms with van der Waals surface area (Å²) in [5.41, 5.74) is 6.95. The maximum Gasteiger partial charge on any atom is 0.284 e. The molecular formula is C13H12NO2. The van der Waals surface area contributed by atoms with Crippen LogP contribution in [0.1, 0.15) is 27.4 Å². The Balaban J connectivity index is 2.23. The molecule has 2 aromatic rings. The Morgan fingerprint density at radius 1 is 1.31 bits per heavy atom. The van der Waals surface area contributed by atoms with Crippen molar-refractivity contribution in [3.05, 3.63) is 65.5 Å². The molecule has 1 heterocycles. The van der Waals surface area contributed by atoms with Crippen molar-refractivity contribution in [1.29, 1.82) is 0 Å². The van der Waals surface area contributed by atoms with Crippen LogP contribution >= 0.6 is 0 Å². The molecule has 3 heteroatoms. The summed E-state index contributed by atoms with van der Waals surface area (Å²) in [7, 11) is 0. The van der Waals surface area contributed by atoms with Crippen molar-refractivity contribution in [2.45, 2.75) is 6.92 Å². The average molecular weight is 214 g/mol. The third-order valence-electron chi connectivity index (χ3n) is 2.27. The number of hydrogen-bond donors (Lipinski definition) is 1. The fourth-order valence-corrected chi connectivity index (χ4v) is 1.54. The van der Waals surface area contributed by atoms with Crippen LogP contribution in [0.2, 0.25) is 0 Å². The number of rotatable bonds is 3. The van der Waals surface area contributed by atoms with Crippen molar-refractivity contribution in [1.82, 2.24) is 0 Å². The largest absolute Gasteiger partial charge is 0.455 e. The lowest BCUT2D eigenvalue weighted by atomic mass is 10.1. The fourth-order valence-electron chi connectivity index (χ4n) is 1.54. The van der Waals surface area contributed by atoms with Gasteiger partial charge < -0.3 is 10.2 Å². The van der Waals surface area contributed by atoms with Crippen molar-refractivity contribution in [3.63, 3.8) is 0 Å². The van der Waals surface area contributed by atoms with Crippen molar-refractivity contribution in [2.24, 2.45) is 5.73 Å². The number of amides is 1. The number of carbonyl (C=O) groups excluding carboxylic acids is 1. The van der Waals surface area contributed by atoms with Gasteiger partial charge in [0.1, 0.15) is 5.76 Å². The minimum atomic E-state index is -0.537. The Morgan fingerprint density at radius 2 is 2.00 bits per heavy atom. The van der Waals surface area contributed by atoms with E-state index >= 15 is 0 Å². The zero-order chi connectivity index (χ0) is 11.5. The number of furan rings is 1. The van der Waals surface area contributed by atoms with E-state index in [9.17, 15) is 4.79 Å². The highest BCUT2D eigenvalue weighted by molar-refractivity contribution is 5.91. The number of benzene rings is 1. The molecule has 16 heavy (non-hydrogen) atoms. The van der Waals surface area contributed by atoms with Crippen LogP contribution in [-0.4, -0.2) is 5.91 Å². The minimum absolute atomic E-state index is 0.224. The predicted molar refractivity (Wildman–Crippen MR) is 60.9 cm³/mol. The normalized spacial score (nSPS) is 10.3. The maximum atomic E-state index is 11.0. The van der Waals surface area contributed by atoms with Crippen LogP contribution in [0.15, 0.2) is 40.8 Å². The number of nitrogens with two attached hydrogens (primary N) is 1. The summed E-state index contributed by atoms with van der Waals surface area (Å²) in [5, 5.41) is 0. The summed E-state index contributed by atoms with van der Waals surface area (Å²) < 4.78 is 5.35. The summed E-state index contributed by atoms with van der Waals surface area (Å²) in [6.07, 6.45) is 1.86. The zero-order valence-electron chi connectivity index (χ0n) is 8.94. The molecule has 81 valence electrons. The highest BCUT2D eigenvalue weighted by atomic mass is 16.3. The molecule has 1 amide bonds. The van der Waals surface area contributed by atoms with Crippen LogP contribution in [0, 0.1) is 13.3 Å². The van der Waals surface area contributed by atoms with E-state index in [1.54, 1.807) is 13.0 Å². The third kappa shape index (κ3) is 2.14. The van der Waals surface area contributed by atoms with Crippen LogP contribution in [0.25, 0.3) is 0 Å². The number of aryl methyl sites for hydroxylation is 1. The second-order valence-electron chi connectivity index (χ2n) is 3.58. The zero-order valence-corrected chi connectivity index (χ0v) is 8.94. The Morgan fingerprint density at radius 3 is 2.56 bits per heavy atom. The van der Waals surface area contributed by atoms with Gasteiger partial charge in [0, 0.05) is 5.56 Å². The van der Waals surface area contributed by atoms with E-state index in [0.717, 1.165) is 11.1 Å². The molecule has 0 saturated heterocycles. The fraction of sp³-hybridized carbons (Fsp3) is 0.0769. The maximum absolute atomic E-state index is 11.0. The highest BCUT2D eigenvalue weighted by Gasteiger charge is 2.12. The summed E-state index contributed by atoms with van der Waals surface area (Å²) in [6.45, 7) is 1.80. The topological polar surface area (TPSA) is 56.2 Å². The van der Waals surface area contributed by atoms with Crippen LogP contribution in [0.5, 0.6) is 0 Å². The molecule has 0 aliphatic rings. The SMILES string of the molecule is Cc1cc([CH]c2ccccc2)oc1C(N)=O. The van der Waals surface area contributed by atoms with E-state index in [1.165, 1.54) is 0 Å². The second kappa shape index (κ2) is 4.23. The number of primary amides is 1. The summed E-state index contributed by atoms with van der Waals surface area (Å²) in [5.74, 6) is 0.324. The molecule has 2 rings (SSSR count). The minimum Gasteiger partial charge on any atom is -0.455 e. The van der Waals surface area contributed by atoms with E-state index in [0.29, 0.717) is 5.76 Å².